The van der Waals surface area contributed by atoms with E-state index in [9.17, 15) is 9.59 Å². The molecule has 7 heteroatoms. The van der Waals surface area contributed by atoms with Crippen molar-refractivity contribution < 1.29 is 19.1 Å². The van der Waals surface area contributed by atoms with Crippen molar-refractivity contribution in [1.82, 2.24) is 5.32 Å². The second kappa shape index (κ2) is 9.51. The van der Waals surface area contributed by atoms with Crippen molar-refractivity contribution in [2.45, 2.75) is 32.2 Å². The van der Waals surface area contributed by atoms with Crippen molar-refractivity contribution in [2.24, 2.45) is 5.92 Å². The number of nitrogens with one attached hydrogen (secondary N) is 1. The Labute approximate surface area is 189 Å². The molecule has 2 aromatic carbocycles. The molecule has 170 valence electrons. The standard InChI is InChI=1S/C25H31N3O4/c1-17(18-6-11-22(31-2)23(14-18)32-3)26-25(30)19-15-24(29)28(16-19)21-9-7-20(8-10-21)27-12-4-5-13-27/h6-11,14,17,19H,4-5,12-13,15-16H2,1-3H3,(H,26,30). The van der Waals surface area contributed by atoms with E-state index >= 15 is 0 Å². The SMILES string of the molecule is COc1ccc(C(C)NC(=O)C2CC(=O)N(c3ccc(N4CCCC4)cc3)C2)cc1OC. The van der Waals surface area contributed by atoms with Gasteiger partial charge in [-0.1, -0.05) is 6.07 Å². The first-order valence-electron chi connectivity index (χ1n) is 11.2. The van der Waals surface area contributed by atoms with Crippen molar-refractivity contribution in [3.63, 3.8) is 0 Å². The molecule has 1 N–H and O–H groups in total. The maximum Gasteiger partial charge on any atom is 0.227 e. The van der Waals surface area contributed by atoms with Crippen molar-refractivity contribution >= 4 is 23.2 Å². The molecule has 7 nitrogen and oxygen atoms in total. The van der Waals surface area contributed by atoms with E-state index in [4.69, 9.17) is 9.47 Å². The summed E-state index contributed by atoms with van der Waals surface area (Å²) in [5, 5.41) is 3.04. The third-order valence-electron chi connectivity index (χ3n) is 6.39. The van der Waals surface area contributed by atoms with Crippen molar-refractivity contribution in [2.75, 3.05) is 43.7 Å². The molecule has 0 bridgehead atoms. The molecule has 2 fully saturated rings. The highest BCUT2D eigenvalue weighted by Crippen LogP contribution is 2.31. The van der Waals surface area contributed by atoms with Crippen molar-refractivity contribution in [3.8, 4) is 11.5 Å². The molecule has 2 aliphatic heterocycles. The monoisotopic (exact) mass is 437 g/mol. The fraction of sp³-hybridized carbons (Fsp3) is 0.440. The molecule has 2 amide bonds. The number of ether oxygens (including phenoxy) is 2. The van der Waals surface area contributed by atoms with E-state index in [-0.39, 0.29) is 30.2 Å². The average molecular weight is 438 g/mol. The van der Waals surface area contributed by atoms with Crippen LogP contribution in [0.4, 0.5) is 11.4 Å². The van der Waals surface area contributed by atoms with Crippen LogP contribution in [0.25, 0.3) is 0 Å². The highest BCUT2D eigenvalue weighted by Gasteiger charge is 2.35. The van der Waals surface area contributed by atoms with Crippen LogP contribution in [0, 0.1) is 5.92 Å². The molecule has 2 saturated heterocycles. The Balaban J connectivity index is 1.38. The van der Waals surface area contributed by atoms with E-state index < -0.39 is 0 Å². The predicted octanol–water partition coefficient (Wildman–Crippen LogP) is 3.53. The molecular formula is C25H31N3O4. The zero-order chi connectivity index (χ0) is 22.7. The van der Waals surface area contributed by atoms with Gasteiger partial charge in [-0.15, -0.1) is 0 Å². The normalized spacial score (nSPS) is 19.2. The van der Waals surface area contributed by atoms with Crippen LogP contribution in [-0.4, -0.2) is 45.7 Å². The minimum Gasteiger partial charge on any atom is -0.493 e. The maximum atomic E-state index is 12.9. The molecule has 0 aliphatic carbocycles. The smallest absolute Gasteiger partial charge is 0.227 e. The van der Waals surface area contributed by atoms with Crippen LogP contribution in [0.15, 0.2) is 42.5 Å². The molecule has 0 saturated carbocycles. The molecule has 4 rings (SSSR count). The average Bonchev–Trinajstić information content (AvgIpc) is 3.49. The summed E-state index contributed by atoms with van der Waals surface area (Å²) in [6, 6.07) is 13.5. The molecule has 2 aromatic rings. The third kappa shape index (κ3) is 4.52. The van der Waals surface area contributed by atoms with E-state index in [2.05, 4.69) is 22.3 Å². The second-order valence-electron chi connectivity index (χ2n) is 8.46. The van der Waals surface area contributed by atoms with Gasteiger partial charge >= 0.3 is 0 Å². The minimum absolute atomic E-state index is 0.0159. The van der Waals surface area contributed by atoms with Gasteiger partial charge in [-0.2, -0.15) is 0 Å². The van der Waals surface area contributed by atoms with E-state index in [1.54, 1.807) is 19.1 Å². The minimum atomic E-state index is -0.372. The van der Waals surface area contributed by atoms with E-state index in [0.717, 1.165) is 24.3 Å². The molecule has 0 aromatic heterocycles. The first kappa shape index (κ1) is 22.0. The Hall–Kier alpha value is -3.22. The number of carbonyl (C=O) groups is 2. The van der Waals surface area contributed by atoms with Gasteiger partial charge in [0, 0.05) is 37.4 Å². The number of carbonyl (C=O) groups excluding carboxylic acids is 2. The predicted molar refractivity (Wildman–Crippen MR) is 124 cm³/mol. The third-order valence-corrected chi connectivity index (χ3v) is 6.39. The number of benzene rings is 2. The van der Waals surface area contributed by atoms with Crippen LogP contribution >= 0.6 is 0 Å². The number of rotatable bonds is 7. The zero-order valence-electron chi connectivity index (χ0n) is 19.0. The summed E-state index contributed by atoms with van der Waals surface area (Å²) in [7, 11) is 3.17. The van der Waals surface area contributed by atoms with Gasteiger partial charge in [-0.25, -0.2) is 0 Å². The molecular weight excluding hydrogens is 406 g/mol. The Morgan fingerprint density at radius 2 is 1.66 bits per heavy atom. The first-order chi connectivity index (χ1) is 15.5. The molecule has 2 unspecified atom stereocenters. The Morgan fingerprint density at radius 1 is 1.00 bits per heavy atom. The number of amides is 2. The quantitative estimate of drug-likeness (QED) is 0.718. The number of hydrogen-bond acceptors (Lipinski definition) is 5. The Bertz CT molecular complexity index is 970. The summed E-state index contributed by atoms with van der Waals surface area (Å²) in [6.07, 6.45) is 2.67. The van der Waals surface area contributed by atoms with E-state index in [1.165, 1.54) is 18.5 Å². The van der Waals surface area contributed by atoms with Gasteiger partial charge in [0.15, 0.2) is 11.5 Å². The van der Waals surface area contributed by atoms with Gasteiger partial charge in [0.05, 0.1) is 26.2 Å². The van der Waals surface area contributed by atoms with E-state index in [0.29, 0.717) is 18.0 Å². The summed E-state index contributed by atoms with van der Waals surface area (Å²) in [6.45, 7) is 4.49. The largest absolute Gasteiger partial charge is 0.493 e. The van der Waals surface area contributed by atoms with Crippen LogP contribution in [0.3, 0.4) is 0 Å². The fourth-order valence-corrected chi connectivity index (χ4v) is 4.49. The Kier molecular flexibility index (Phi) is 6.53. The number of anilines is 2. The summed E-state index contributed by atoms with van der Waals surface area (Å²) >= 11 is 0. The molecule has 2 heterocycles. The van der Waals surface area contributed by atoms with Gasteiger partial charge in [0.1, 0.15) is 0 Å². The molecule has 32 heavy (non-hydrogen) atoms. The highest BCUT2D eigenvalue weighted by molar-refractivity contribution is 6.00. The molecule has 0 radical (unpaired) electrons. The molecule has 0 spiro atoms. The van der Waals surface area contributed by atoms with Gasteiger partial charge in [0.2, 0.25) is 11.8 Å². The van der Waals surface area contributed by atoms with Gasteiger partial charge in [0.25, 0.3) is 0 Å². The summed E-state index contributed by atoms with van der Waals surface area (Å²) in [4.78, 5) is 29.6. The van der Waals surface area contributed by atoms with Crippen molar-refractivity contribution in [3.05, 3.63) is 48.0 Å². The lowest BCUT2D eigenvalue weighted by atomic mass is 10.0. The van der Waals surface area contributed by atoms with Crippen LogP contribution in [-0.2, 0) is 9.59 Å². The summed E-state index contributed by atoms with van der Waals surface area (Å²) in [5.41, 5.74) is 2.95. The lowest BCUT2D eigenvalue weighted by Crippen LogP contribution is -2.34. The number of methoxy groups -OCH3 is 2. The Morgan fingerprint density at radius 3 is 2.31 bits per heavy atom. The fourth-order valence-electron chi connectivity index (χ4n) is 4.49. The van der Waals surface area contributed by atoms with Crippen molar-refractivity contribution in [1.29, 1.82) is 0 Å². The number of nitrogens with zero attached hydrogens (tertiary/aromatic N) is 2. The zero-order valence-corrected chi connectivity index (χ0v) is 19.0. The van der Waals surface area contributed by atoms with Gasteiger partial charge < -0.3 is 24.6 Å². The second-order valence-corrected chi connectivity index (χ2v) is 8.46. The van der Waals surface area contributed by atoms with Gasteiger partial charge in [-0.3, -0.25) is 9.59 Å². The lowest BCUT2D eigenvalue weighted by molar-refractivity contribution is -0.126. The van der Waals surface area contributed by atoms with Gasteiger partial charge in [-0.05, 0) is 61.7 Å². The topological polar surface area (TPSA) is 71.1 Å². The molecule has 2 atom stereocenters. The van der Waals surface area contributed by atoms with Crippen LogP contribution in [0.2, 0.25) is 0 Å². The maximum absolute atomic E-state index is 12.9. The van der Waals surface area contributed by atoms with Crippen LogP contribution < -0.4 is 24.6 Å². The number of hydrogen-bond donors (Lipinski definition) is 1. The van der Waals surface area contributed by atoms with Crippen LogP contribution in [0.1, 0.15) is 37.8 Å². The van der Waals surface area contributed by atoms with Crippen LogP contribution in [0.5, 0.6) is 11.5 Å². The van der Waals surface area contributed by atoms with E-state index in [1.807, 2.05) is 37.3 Å². The summed E-state index contributed by atoms with van der Waals surface area (Å²) in [5.74, 6) is 0.756. The first-order valence-corrected chi connectivity index (χ1v) is 11.2. The lowest BCUT2D eigenvalue weighted by Gasteiger charge is -2.21. The summed E-state index contributed by atoms with van der Waals surface area (Å²) < 4.78 is 10.6. The highest BCUT2D eigenvalue weighted by atomic mass is 16.5. The molecule has 2 aliphatic rings.